The Morgan fingerprint density at radius 3 is 3.09 bits per heavy atom. The Bertz CT molecular complexity index is 718. The number of aromatic nitrogens is 1. The number of nitrogens with zero attached hydrogens (tertiary/aromatic N) is 1. The molecule has 0 saturated carbocycles. The molecule has 4 nitrogen and oxygen atoms in total. The van der Waals surface area contributed by atoms with Gasteiger partial charge in [-0.2, -0.15) is 0 Å². The number of amides is 1. The van der Waals surface area contributed by atoms with E-state index < -0.39 is 11.7 Å². The van der Waals surface area contributed by atoms with Crippen LogP contribution >= 0.6 is 0 Å². The van der Waals surface area contributed by atoms with Gasteiger partial charge in [0.15, 0.2) is 5.82 Å². The molecule has 0 saturated heterocycles. The molecule has 1 heterocycles. The maximum atomic E-state index is 13.6. The van der Waals surface area contributed by atoms with Gasteiger partial charge in [0, 0.05) is 18.7 Å². The number of hydrogen-bond acceptors (Lipinski definition) is 3. The van der Waals surface area contributed by atoms with Gasteiger partial charge in [0.05, 0.1) is 18.9 Å². The second kappa shape index (κ2) is 6.77. The molecule has 5 heteroatoms. The number of methoxy groups -OCH3 is 1. The van der Waals surface area contributed by atoms with Crippen LogP contribution in [0.2, 0.25) is 0 Å². The van der Waals surface area contributed by atoms with E-state index in [2.05, 4.69) is 22.4 Å². The normalized spacial score (nSPS) is 16.5. The van der Waals surface area contributed by atoms with Crippen molar-refractivity contribution in [2.24, 2.45) is 0 Å². The lowest BCUT2D eigenvalue weighted by Crippen LogP contribution is -2.30. The van der Waals surface area contributed by atoms with E-state index in [0.29, 0.717) is 6.54 Å². The minimum absolute atomic E-state index is 0.0331. The van der Waals surface area contributed by atoms with Crippen LogP contribution in [0, 0.1) is 5.82 Å². The van der Waals surface area contributed by atoms with Gasteiger partial charge < -0.3 is 10.1 Å². The zero-order valence-corrected chi connectivity index (χ0v) is 13.0. The molecule has 1 amide bonds. The predicted octanol–water partition coefficient (Wildman–Crippen LogP) is 3.08. The van der Waals surface area contributed by atoms with Crippen LogP contribution in [0.25, 0.3) is 0 Å². The molecule has 3 rings (SSSR count). The van der Waals surface area contributed by atoms with Gasteiger partial charge in [0.2, 0.25) is 0 Å². The molecule has 0 radical (unpaired) electrons. The molecule has 0 bridgehead atoms. The van der Waals surface area contributed by atoms with Gasteiger partial charge in [0.1, 0.15) is 5.75 Å². The minimum Gasteiger partial charge on any atom is -0.497 e. The zero-order chi connectivity index (χ0) is 16.2. The number of rotatable bonds is 4. The first kappa shape index (κ1) is 15.5. The molecule has 1 aromatic heterocycles. The highest BCUT2D eigenvalue weighted by molar-refractivity contribution is 5.94. The van der Waals surface area contributed by atoms with Crippen molar-refractivity contribution in [1.82, 2.24) is 10.3 Å². The molecule has 1 atom stereocenters. The average molecular weight is 314 g/mol. The Hall–Kier alpha value is -2.43. The molecule has 0 aliphatic heterocycles. The summed E-state index contributed by atoms with van der Waals surface area (Å²) in [5.74, 6) is 0.107. The molecule has 1 aliphatic rings. The second-order valence-electron chi connectivity index (χ2n) is 5.72. The standard InChI is InChI=1S/C18H19FN2O2/c1-23-14-5-6-15-12(9-14)3-2-4-13(15)10-21-18(22)16-7-8-20-11-17(16)19/h5-9,11,13H,2-4,10H2,1H3,(H,21,22)/t13-/m0/s1. The molecule has 23 heavy (non-hydrogen) atoms. The lowest BCUT2D eigenvalue weighted by atomic mass is 9.82. The molecule has 0 fully saturated rings. The predicted molar refractivity (Wildman–Crippen MR) is 85.2 cm³/mol. The van der Waals surface area contributed by atoms with E-state index in [0.717, 1.165) is 31.2 Å². The fourth-order valence-corrected chi connectivity index (χ4v) is 3.10. The monoisotopic (exact) mass is 314 g/mol. The molecule has 1 N–H and O–H groups in total. The van der Waals surface area contributed by atoms with Gasteiger partial charge >= 0.3 is 0 Å². The number of carbonyl (C=O) groups excluding carboxylic acids is 1. The fourth-order valence-electron chi connectivity index (χ4n) is 3.10. The van der Waals surface area contributed by atoms with Crippen LogP contribution < -0.4 is 10.1 Å². The summed E-state index contributed by atoms with van der Waals surface area (Å²) in [5, 5.41) is 2.84. The Morgan fingerprint density at radius 2 is 2.30 bits per heavy atom. The summed E-state index contributed by atoms with van der Waals surface area (Å²) in [6.45, 7) is 0.500. The van der Waals surface area contributed by atoms with Gasteiger partial charge in [-0.3, -0.25) is 9.78 Å². The third kappa shape index (κ3) is 3.33. The molecule has 0 unspecified atom stereocenters. The second-order valence-corrected chi connectivity index (χ2v) is 5.72. The van der Waals surface area contributed by atoms with Crippen LogP contribution in [0.5, 0.6) is 5.75 Å². The van der Waals surface area contributed by atoms with Crippen LogP contribution in [0.15, 0.2) is 36.7 Å². The number of nitrogens with one attached hydrogen (secondary N) is 1. The van der Waals surface area contributed by atoms with Gasteiger partial charge in [-0.1, -0.05) is 6.07 Å². The summed E-state index contributed by atoms with van der Waals surface area (Å²) in [4.78, 5) is 15.8. The van der Waals surface area contributed by atoms with Crippen LogP contribution in [0.1, 0.15) is 40.2 Å². The summed E-state index contributed by atoms with van der Waals surface area (Å²) >= 11 is 0. The number of hydrogen-bond donors (Lipinski definition) is 1. The van der Waals surface area contributed by atoms with E-state index in [1.54, 1.807) is 7.11 Å². The summed E-state index contributed by atoms with van der Waals surface area (Å²) in [7, 11) is 1.66. The number of carbonyl (C=O) groups is 1. The number of halogens is 1. The third-order valence-electron chi connectivity index (χ3n) is 4.31. The number of pyridine rings is 1. The van der Waals surface area contributed by atoms with Crippen molar-refractivity contribution < 1.29 is 13.9 Å². The quantitative estimate of drug-likeness (QED) is 0.943. The number of ether oxygens (including phenoxy) is 1. The maximum Gasteiger partial charge on any atom is 0.254 e. The maximum absolute atomic E-state index is 13.6. The summed E-state index contributed by atoms with van der Waals surface area (Å²) in [5.41, 5.74) is 2.54. The summed E-state index contributed by atoms with van der Waals surface area (Å²) in [6, 6.07) is 7.47. The van der Waals surface area contributed by atoms with Crippen LogP contribution in [-0.2, 0) is 6.42 Å². The number of aryl methyl sites for hydroxylation is 1. The zero-order valence-electron chi connectivity index (χ0n) is 13.0. The molecule has 1 aromatic carbocycles. The number of fused-ring (bicyclic) bond motifs is 1. The van der Waals surface area contributed by atoms with Crippen molar-refractivity contribution in [1.29, 1.82) is 0 Å². The Labute approximate surface area is 134 Å². The van der Waals surface area contributed by atoms with E-state index in [1.165, 1.54) is 23.4 Å². The van der Waals surface area contributed by atoms with E-state index >= 15 is 0 Å². The van der Waals surface area contributed by atoms with Gasteiger partial charge in [-0.25, -0.2) is 4.39 Å². The van der Waals surface area contributed by atoms with Crippen molar-refractivity contribution in [3.05, 3.63) is 59.2 Å². The van der Waals surface area contributed by atoms with E-state index in [4.69, 9.17) is 4.74 Å². The highest BCUT2D eigenvalue weighted by Gasteiger charge is 2.22. The van der Waals surface area contributed by atoms with Crippen molar-refractivity contribution in [2.45, 2.75) is 25.2 Å². The topological polar surface area (TPSA) is 51.2 Å². The lowest BCUT2D eigenvalue weighted by Gasteiger charge is -2.26. The third-order valence-corrected chi connectivity index (χ3v) is 4.31. The Morgan fingerprint density at radius 1 is 1.43 bits per heavy atom. The number of benzene rings is 1. The highest BCUT2D eigenvalue weighted by atomic mass is 19.1. The Kier molecular flexibility index (Phi) is 4.55. The largest absolute Gasteiger partial charge is 0.497 e. The smallest absolute Gasteiger partial charge is 0.254 e. The van der Waals surface area contributed by atoms with Crippen molar-refractivity contribution >= 4 is 5.91 Å². The highest BCUT2D eigenvalue weighted by Crippen LogP contribution is 2.33. The first-order chi connectivity index (χ1) is 11.2. The van der Waals surface area contributed by atoms with Crippen LogP contribution in [0.3, 0.4) is 0 Å². The van der Waals surface area contributed by atoms with Crippen molar-refractivity contribution in [2.75, 3.05) is 13.7 Å². The van der Waals surface area contributed by atoms with E-state index in [1.807, 2.05) is 6.07 Å². The fraction of sp³-hybridized carbons (Fsp3) is 0.333. The minimum atomic E-state index is -0.598. The van der Waals surface area contributed by atoms with Crippen LogP contribution in [0.4, 0.5) is 4.39 Å². The van der Waals surface area contributed by atoms with Gasteiger partial charge in [0.25, 0.3) is 5.91 Å². The van der Waals surface area contributed by atoms with Crippen molar-refractivity contribution in [3.63, 3.8) is 0 Å². The molecule has 2 aromatic rings. The average Bonchev–Trinajstić information content (AvgIpc) is 2.59. The molecule has 1 aliphatic carbocycles. The molecular weight excluding hydrogens is 295 g/mol. The van der Waals surface area contributed by atoms with Gasteiger partial charge in [-0.05, 0) is 48.6 Å². The SMILES string of the molecule is COc1ccc2c(c1)CCC[C@H]2CNC(=O)c1ccncc1F. The van der Waals surface area contributed by atoms with E-state index in [9.17, 15) is 9.18 Å². The summed E-state index contributed by atoms with van der Waals surface area (Å²) < 4.78 is 18.9. The Balaban J connectivity index is 1.70. The van der Waals surface area contributed by atoms with E-state index in [-0.39, 0.29) is 11.5 Å². The lowest BCUT2D eigenvalue weighted by molar-refractivity contribution is 0.0946. The first-order valence-corrected chi connectivity index (χ1v) is 7.73. The summed E-state index contributed by atoms with van der Waals surface area (Å²) in [6.07, 6.45) is 5.58. The molecule has 0 spiro atoms. The molecule has 120 valence electrons. The van der Waals surface area contributed by atoms with Crippen LogP contribution in [-0.4, -0.2) is 24.5 Å². The van der Waals surface area contributed by atoms with Gasteiger partial charge in [-0.15, -0.1) is 0 Å². The molecular formula is C18H19FN2O2. The van der Waals surface area contributed by atoms with Crippen molar-refractivity contribution in [3.8, 4) is 5.75 Å². The first-order valence-electron chi connectivity index (χ1n) is 7.73.